The van der Waals surface area contributed by atoms with Crippen molar-refractivity contribution in [2.45, 2.75) is 12.8 Å². The fourth-order valence-electron chi connectivity index (χ4n) is 1.65. The van der Waals surface area contributed by atoms with Crippen LogP contribution in [0.2, 0.25) is 0 Å². The fourth-order valence-corrected chi connectivity index (χ4v) is 1.65. The minimum Gasteiger partial charge on any atom is -0.489 e. The number of hydrogen-bond acceptors (Lipinski definition) is 2. The zero-order valence-electron chi connectivity index (χ0n) is 10.1. The third-order valence-corrected chi connectivity index (χ3v) is 2.62. The molecule has 0 aliphatic carbocycles. The molecule has 0 aliphatic rings. The van der Waals surface area contributed by atoms with Crippen LogP contribution in [0.4, 0.5) is 4.39 Å². The van der Waals surface area contributed by atoms with E-state index in [2.05, 4.69) is 0 Å². The Hall–Kier alpha value is -2.36. The number of carboxylic acid groups (broad SMARTS) is 1. The van der Waals surface area contributed by atoms with Gasteiger partial charge in [-0.25, -0.2) is 9.18 Å². The summed E-state index contributed by atoms with van der Waals surface area (Å²) in [4.78, 5) is 10.6. The van der Waals surface area contributed by atoms with Gasteiger partial charge in [-0.15, -0.1) is 0 Å². The predicted molar refractivity (Wildman–Crippen MR) is 68.7 cm³/mol. The van der Waals surface area contributed by atoms with E-state index < -0.39 is 12.1 Å². The van der Waals surface area contributed by atoms with Gasteiger partial charge in [0.1, 0.15) is 12.4 Å². The van der Waals surface area contributed by atoms with Crippen LogP contribution in [0, 0.1) is 0 Å². The molecule has 98 valence electrons. The van der Waals surface area contributed by atoms with E-state index in [0.717, 1.165) is 5.56 Å². The second kappa shape index (κ2) is 6.00. The number of halogens is 1. The van der Waals surface area contributed by atoms with Crippen molar-refractivity contribution in [2.24, 2.45) is 0 Å². The Balaban J connectivity index is 2.05. The molecule has 0 spiro atoms. The van der Waals surface area contributed by atoms with Gasteiger partial charge < -0.3 is 9.84 Å². The molecule has 1 N–H and O–H groups in total. The van der Waals surface area contributed by atoms with Gasteiger partial charge in [-0.2, -0.15) is 0 Å². The molecule has 0 heterocycles. The SMILES string of the molecule is O=C(O)C(F)c1cccc(OCc2ccccc2)c1. The van der Waals surface area contributed by atoms with Crippen LogP contribution in [0.3, 0.4) is 0 Å². The first kappa shape index (κ1) is 13.1. The summed E-state index contributed by atoms with van der Waals surface area (Å²) in [7, 11) is 0. The summed E-state index contributed by atoms with van der Waals surface area (Å²) in [5.41, 5.74) is 1.07. The maximum atomic E-state index is 13.3. The second-order valence-corrected chi connectivity index (χ2v) is 4.05. The minimum atomic E-state index is -2.03. The van der Waals surface area contributed by atoms with Crippen LogP contribution in [0.15, 0.2) is 54.6 Å². The van der Waals surface area contributed by atoms with E-state index in [1.807, 2.05) is 30.3 Å². The average molecular weight is 260 g/mol. The Bertz CT molecular complexity index is 554. The Morgan fingerprint density at radius 3 is 2.58 bits per heavy atom. The smallest absolute Gasteiger partial charge is 0.343 e. The molecule has 19 heavy (non-hydrogen) atoms. The molecule has 0 amide bonds. The summed E-state index contributed by atoms with van der Waals surface area (Å²) in [6, 6.07) is 15.6. The van der Waals surface area contributed by atoms with Gasteiger partial charge >= 0.3 is 5.97 Å². The average Bonchev–Trinajstić information content (AvgIpc) is 2.45. The molecule has 0 aliphatic heterocycles. The van der Waals surface area contributed by atoms with Gasteiger partial charge in [-0.05, 0) is 17.7 Å². The quantitative estimate of drug-likeness (QED) is 0.896. The fraction of sp³-hybridized carbons (Fsp3) is 0.133. The molecular weight excluding hydrogens is 247 g/mol. The number of hydrogen-bond donors (Lipinski definition) is 1. The molecule has 0 fully saturated rings. The molecular formula is C15H13FO3. The van der Waals surface area contributed by atoms with E-state index >= 15 is 0 Å². The molecule has 3 nitrogen and oxygen atoms in total. The molecule has 1 atom stereocenters. The largest absolute Gasteiger partial charge is 0.489 e. The summed E-state index contributed by atoms with van der Waals surface area (Å²) >= 11 is 0. The number of benzene rings is 2. The van der Waals surface area contributed by atoms with Crippen molar-refractivity contribution >= 4 is 5.97 Å². The van der Waals surface area contributed by atoms with Crippen LogP contribution >= 0.6 is 0 Å². The van der Waals surface area contributed by atoms with Crippen molar-refractivity contribution in [1.82, 2.24) is 0 Å². The van der Waals surface area contributed by atoms with Gasteiger partial charge in [-0.1, -0.05) is 42.5 Å². The van der Waals surface area contributed by atoms with E-state index in [0.29, 0.717) is 12.4 Å². The summed E-state index contributed by atoms with van der Waals surface area (Å²) in [5.74, 6) is -1.05. The second-order valence-electron chi connectivity index (χ2n) is 4.05. The zero-order valence-corrected chi connectivity index (χ0v) is 10.1. The molecule has 2 rings (SSSR count). The minimum absolute atomic E-state index is 0.0815. The lowest BCUT2D eigenvalue weighted by Crippen LogP contribution is -2.06. The maximum Gasteiger partial charge on any atom is 0.343 e. The highest BCUT2D eigenvalue weighted by Gasteiger charge is 2.18. The van der Waals surface area contributed by atoms with Gasteiger partial charge in [0.25, 0.3) is 0 Å². The number of carboxylic acids is 1. The highest BCUT2D eigenvalue weighted by molar-refractivity contribution is 5.74. The first-order chi connectivity index (χ1) is 9.16. The highest BCUT2D eigenvalue weighted by atomic mass is 19.1. The van der Waals surface area contributed by atoms with Crippen LogP contribution in [0.1, 0.15) is 17.3 Å². The number of ether oxygens (including phenoxy) is 1. The topological polar surface area (TPSA) is 46.5 Å². The lowest BCUT2D eigenvalue weighted by molar-refractivity contribution is -0.143. The molecule has 0 saturated carbocycles. The summed E-state index contributed by atoms with van der Waals surface area (Å²) in [6.07, 6.45) is -2.03. The van der Waals surface area contributed by atoms with Crippen molar-refractivity contribution in [1.29, 1.82) is 0 Å². The number of rotatable bonds is 5. The van der Waals surface area contributed by atoms with Gasteiger partial charge in [-0.3, -0.25) is 0 Å². The van der Waals surface area contributed by atoms with Crippen molar-refractivity contribution < 1.29 is 19.0 Å². The predicted octanol–water partition coefficient (Wildman–Crippen LogP) is 3.36. The Morgan fingerprint density at radius 2 is 1.89 bits per heavy atom. The summed E-state index contributed by atoms with van der Waals surface area (Å²) in [5, 5.41) is 8.62. The lowest BCUT2D eigenvalue weighted by Gasteiger charge is -2.09. The van der Waals surface area contributed by atoms with E-state index in [1.165, 1.54) is 12.1 Å². The zero-order chi connectivity index (χ0) is 13.7. The van der Waals surface area contributed by atoms with Crippen molar-refractivity contribution in [3.8, 4) is 5.75 Å². The molecule has 0 saturated heterocycles. The van der Waals surface area contributed by atoms with E-state index in [4.69, 9.17) is 9.84 Å². The van der Waals surface area contributed by atoms with Crippen molar-refractivity contribution in [3.05, 3.63) is 65.7 Å². The molecule has 2 aromatic carbocycles. The first-order valence-corrected chi connectivity index (χ1v) is 5.80. The number of carbonyl (C=O) groups is 1. The van der Waals surface area contributed by atoms with Crippen LogP contribution in [-0.2, 0) is 11.4 Å². The monoisotopic (exact) mass is 260 g/mol. The molecule has 2 aromatic rings. The van der Waals surface area contributed by atoms with Gasteiger partial charge in [0.2, 0.25) is 6.17 Å². The number of alkyl halides is 1. The van der Waals surface area contributed by atoms with Gasteiger partial charge in [0, 0.05) is 5.56 Å². The standard InChI is InChI=1S/C15H13FO3/c16-14(15(17)18)12-7-4-8-13(9-12)19-10-11-5-2-1-3-6-11/h1-9,14H,10H2,(H,17,18). The van der Waals surface area contributed by atoms with Crippen LogP contribution < -0.4 is 4.74 Å². The molecule has 1 unspecified atom stereocenters. The normalized spacial score (nSPS) is 11.8. The number of aliphatic carboxylic acids is 1. The van der Waals surface area contributed by atoms with Crippen LogP contribution in [0.5, 0.6) is 5.75 Å². The van der Waals surface area contributed by atoms with E-state index in [-0.39, 0.29) is 5.56 Å². The highest BCUT2D eigenvalue weighted by Crippen LogP contribution is 2.22. The van der Waals surface area contributed by atoms with E-state index in [9.17, 15) is 9.18 Å². The Kier molecular flexibility index (Phi) is 4.13. The summed E-state index contributed by atoms with van der Waals surface area (Å²) < 4.78 is 18.8. The first-order valence-electron chi connectivity index (χ1n) is 5.80. The van der Waals surface area contributed by atoms with Crippen molar-refractivity contribution in [2.75, 3.05) is 0 Å². The molecule has 0 radical (unpaired) electrons. The lowest BCUT2D eigenvalue weighted by atomic mass is 10.1. The van der Waals surface area contributed by atoms with Gasteiger partial charge in [0.05, 0.1) is 0 Å². The Labute approximate surface area is 110 Å². The maximum absolute atomic E-state index is 13.3. The van der Waals surface area contributed by atoms with Crippen LogP contribution in [0.25, 0.3) is 0 Å². The van der Waals surface area contributed by atoms with Crippen molar-refractivity contribution in [3.63, 3.8) is 0 Å². The third kappa shape index (κ3) is 3.55. The summed E-state index contributed by atoms with van der Waals surface area (Å²) in [6.45, 7) is 0.355. The molecule has 0 bridgehead atoms. The third-order valence-electron chi connectivity index (χ3n) is 2.62. The van der Waals surface area contributed by atoms with Gasteiger partial charge in [0.15, 0.2) is 0 Å². The molecule has 4 heteroatoms. The Morgan fingerprint density at radius 1 is 1.16 bits per heavy atom. The van der Waals surface area contributed by atoms with E-state index in [1.54, 1.807) is 12.1 Å². The van der Waals surface area contributed by atoms with Crippen LogP contribution in [-0.4, -0.2) is 11.1 Å². The molecule has 0 aromatic heterocycles.